The Balaban J connectivity index is 1.60. The Labute approximate surface area is 106 Å². The highest BCUT2D eigenvalue weighted by atomic mass is 16.5. The molecule has 4 nitrogen and oxygen atoms in total. The molecular formula is C14H16N2O2. The van der Waals surface area contributed by atoms with Crippen molar-refractivity contribution in [2.24, 2.45) is 0 Å². The van der Waals surface area contributed by atoms with Crippen LogP contribution in [0.5, 0.6) is 0 Å². The number of hydrogen-bond donors (Lipinski definition) is 0. The Morgan fingerprint density at radius 2 is 2.22 bits per heavy atom. The number of amides is 1. The van der Waals surface area contributed by atoms with E-state index in [2.05, 4.69) is 17.3 Å². The minimum Gasteiger partial charge on any atom is -0.360 e. The zero-order chi connectivity index (χ0) is 12.1. The summed E-state index contributed by atoms with van der Waals surface area (Å²) in [6.45, 7) is 0. The highest BCUT2D eigenvalue weighted by Crippen LogP contribution is 2.40. The number of fused-ring (bicyclic) bond motifs is 2. The van der Waals surface area contributed by atoms with Gasteiger partial charge in [0, 0.05) is 18.0 Å². The number of rotatable bonds is 2. The zero-order valence-corrected chi connectivity index (χ0v) is 10.2. The molecule has 3 aliphatic rings. The minimum absolute atomic E-state index is 0.0440. The van der Waals surface area contributed by atoms with Crippen molar-refractivity contribution in [1.82, 2.24) is 10.1 Å². The lowest BCUT2D eigenvalue weighted by Crippen LogP contribution is -2.42. The summed E-state index contributed by atoms with van der Waals surface area (Å²) < 4.78 is 5.28. The van der Waals surface area contributed by atoms with Crippen molar-refractivity contribution in [3.05, 3.63) is 29.7 Å². The van der Waals surface area contributed by atoms with Gasteiger partial charge in [-0.3, -0.25) is 4.79 Å². The Bertz CT molecular complexity index is 516. The lowest BCUT2D eigenvalue weighted by molar-refractivity contribution is 0.0678. The first-order chi connectivity index (χ1) is 8.83. The molecule has 18 heavy (non-hydrogen) atoms. The first-order valence-electron chi connectivity index (χ1n) is 6.79. The normalized spacial score (nSPS) is 29.9. The molecule has 2 fully saturated rings. The van der Waals surface area contributed by atoms with Crippen LogP contribution in [0.15, 0.2) is 22.7 Å². The largest absolute Gasteiger partial charge is 0.360 e. The van der Waals surface area contributed by atoms with E-state index < -0.39 is 0 Å². The average Bonchev–Trinajstić information content (AvgIpc) is 3.07. The molecule has 3 heterocycles. The molecule has 2 bridgehead atoms. The molecule has 4 heteroatoms. The van der Waals surface area contributed by atoms with Crippen molar-refractivity contribution < 1.29 is 9.32 Å². The summed E-state index contributed by atoms with van der Waals surface area (Å²) >= 11 is 0. The SMILES string of the molecule is O=C(c1cc(C2CC2)on1)N1[C@H]2CC=C[C@H]1CC2. The summed E-state index contributed by atoms with van der Waals surface area (Å²) in [5, 5.41) is 3.96. The maximum Gasteiger partial charge on any atom is 0.276 e. The van der Waals surface area contributed by atoms with Crippen LogP contribution in [0.2, 0.25) is 0 Å². The number of carbonyl (C=O) groups is 1. The van der Waals surface area contributed by atoms with Crippen LogP contribution in [-0.4, -0.2) is 28.0 Å². The van der Waals surface area contributed by atoms with Gasteiger partial charge in [0.15, 0.2) is 5.69 Å². The van der Waals surface area contributed by atoms with Gasteiger partial charge in [0.1, 0.15) is 5.76 Å². The van der Waals surface area contributed by atoms with Gasteiger partial charge in [0.2, 0.25) is 0 Å². The zero-order valence-electron chi connectivity index (χ0n) is 10.2. The maximum atomic E-state index is 12.5. The van der Waals surface area contributed by atoms with Gasteiger partial charge in [-0.2, -0.15) is 0 Å². The van der Waals surface area contributed by atoms with Crippen LogP contribution in [0.1, 0.15) is 54.3 Å². The molecule has 1 saturated carbocycles. The Hall–Kier alpha value is -1.58. The van der Waals surface area contributed by atoms with Crippen LogP contribution in [0, 0.1) is 0 Å². The van der Waals surface area contributed by atoms with E-state index in [0.717, 1.165) is 25.0 Å². The second-order valence-corrected chi connectivity index (χ2v) is 5.56. The molecule has 1 aromatic heterocycles. The molecule has 1 aliphatic carbocycles. The first kappa shape index (κ1) is 10.4. The van der Waals surface area contributed by atoms with E-state index in [1.807, 2.05) is 11.0 Å². The van der Waals surface area contributed by atoms with Crippen molar-refractivity contribution >= 4 is 5.91 Å². The lowest BCUT2D eigenvalue weighted by Gasteiger charge is -2.30. The van der Waals surface area contributed by atoms with Crippen LogP contribution in [0.3, 0.4) is 0 Å². The van der Waals surface area contributed by atoms with Crippen LogP contribution >= 0.6 is 0 Å². The molecule has 4 rings (SSSR count). The summed E-state index contributed by atoms with van der Waals surface area (Å²) in [5.74, 6) is 1.44. The second kappa shape index (κ2) is 3.70. The van der Waals surface area contributed by atoms with E-state index >= 15 is 0 Å². The molecule has 1 aromatic rings. The molecule has 2 atom stereocenters. The van der Waals surface area contributed by atoms with Crippen LogP contribution in [0.4, 0.5) is 0 Å². The van der Waals surface area contributed by atoms with Crippen LogP contribution in [-0.2, 0) is 0 Å². The average molecular weight is 244 g/mol. The lowest BCUT2D eigenvalue weighted by atomic mass is 10.1. The third-order valence-electron chi connectivity index (χ3n) is 4.27. The monoisotopic (exact) mass is 244 g/mol. The van der Waals surface area contributed by atoms with Crippen LogP contribution in [0.25, 0.3) is 0 Å². The topological polar surface area (TPSA) is 46.3 Å². The van der Waals surface area contributed by atoms with Gasteiger partial charge in [-0.25, -0.2) is 0 Å². The van der Waals surface area contributed by atoms with E-state index in [9.17, 15) is 4.79 Å². The molecule has 0 radical (unpaired) electrons. The predicted octanol–water partition coefficient (Wildman–Crippen LogP) is 2.49. The smallest absolute Gasteiger partial charge is 0.276 e. The summed E-state index contributed by atoms with van der Waals surface area (Å²) in [4.78, 5) is 14.5. The predicted molar refractivity (Wildman–Crippen MR) is 65.2 cm³/mol. The van der Waals surface area contributed by atoms with Gasteiger partial charge in [-0.05, 0) is 32.1 Å². The molecular weight excluding hydrogens is 228 g/mol. The summed E-state index contributed by atoms with van der Waals surface area (Å²) in [5.41, 5.74) is 0.490. The van der Waals surface area contributed by atoms with E-state index in [0.29, 0.717) is 17.7 Å². The van der Waals surface area contributed by atoms with Gasteiger partial charge in [0.25, 0.3) is 5.91 Å². The molecule has 1 amide bonds. The Morgan fingerprint density at radius 1 is 1.33 bits per heavy atom. The van der Waals surface area contributed by atoms with Crippen molar-refractivity contribution in [1.29, 1.82) is 0 Å². The van der Waals surface area contributed by atoms with Gasteiger partial charge in [-0.15, -0.1) is 0 Å². The standard InChI is InChI=1S/C14H16N2O2/c17-14(12-8-13(18-15-12)9-4-5-9)16-10-2-1-3-11(16)7-6-10/h1-2,8-11H,3-7H2/t10-,11-/m0/s1. The Kier molecular flexibility index (Phi) is 2.13. The fourth-order valence-electron chi connectivity index (χ4n) is 3.12. The summed E-state index contributed by atoms with van der Waals surface area (Å²) in [7, 11) is 0. The molecule has 0 N–H and O–H groups in total. The number of hydrogen-bond acceptors (Lipinski definition) is 3. The molecule has 0 unspecified atom stereocenters. The molecule has 0 aromatic carbocycles. The number of aromatic nitrogens is 1. The van der Waals surface area contributed by atoms with Crippen molar-refractivity contribution in [3.8, 4) is 0 Å². The highest BCUT2D eigenvalue weighted by Gasteiger charge is 2.39. The summed E-state index contributed by atoms with van der Waals surface area (Å²) in [6, 6.07) is 2.49. The quantitative estimate of drug-likeness (QED) is 0.751. The number of nitrogens with zero attached hydrogens (tertiary/aromatic N) is 2. The fourth-order valence-corrected chi connectivity index (χ4v) is 3.12. The van der Waals surface area contributed by atoms with Crippen molar-refractivity contribution in [3.63, 3.8) is 0 Å². The molecule has 94 valence electrons. The molecule has 0 spiro atoms. The van der Waals surface area contributed by atoms with Gasteiger partial charge < -0.3 is 9.42 Å². The molecule has 2 aliphatic heterocycles. The van der Waals surface area contributed by atoms with E-state index in [1.165, 1.54) is 12.8 Å². The number of carbonyl (C=O) groups excluding carboxylic acids is 1. The Morgan fingerprint density at radius 3 is 3.00 bits per heavy atom. The van der Waals surface area contributed by atoms with Gasteiger partial charge in [-0.1, -0.05) is 17.3 Å². The highest BCUT2D eigenvalue weighted by molar-refractivity contribution is 5.93. The van der Waals surface area contributed by atoms with Crippen molar-refractivity contribution in [2.75, 3.05) is 0 Å². The minimum atomic E-state index is 0.0440. The third-order valence-corrected chi connectivity index (χ3v) is 4.27. The molecule has 1 saturated heterocycles. The fraction of sp³-hybridized carbons (Fsp3) is 0.571. The van der Waals surface area contributed by atoms with E-state index in [-0.39, 0.29) is 11.9 Å². The van der Waals surface area contributed by atoms with E-state index in [4.69, 9.17) is 4.52 Å². The van der Waals surface area contributed by atoms with Gasteiger partial charge in [0.05, 0.1) is 6.04 Å². The second-order valence-electron chi connectivity index (χ2n) is 5.56. The summed E-state index contributed by atoms with van der Waals surface area (Å²) in [6.07, 6.45) is 9.86. The maximum absolute atomic E-state index is 12.5. The van der Waals surface area contributed by atoms with Crippen LogP contribution < -0.4 is 0 Å². The van der Waals surface area contributed by atoms with Crippen molar-refractivity contribution in [2.45, 2.75) is 50.1 Å². The first-order valence-corrected chi connectivity index (χ1v) is 6.79. The van der Waals surface area contributed by atoms with E-state index in [1.54, 1.807) is 0 Å². The third kappa shape index (κ3) is 1.51. The van der Waals surface area contributed by atoms with Gasteiger partial charge >= 0.3 is 0 Å².